The zero-order valence-corrected chi connectivity index (χ0v) is 15.3. The minimum Gasteiger partial charge on any atom is -0.350 e. The first-order valence-electron chi connectivity index (χ1n) is 8.65. The standard InChI is InChI=1S/C21H25N3O/c1-21(2,3)19-14-18(24(4)23-19)20(25)22-12-11-15-9-10-16-7-5-6-8-17(16)13-15/h5-10,13-14H,11-12H2,1-4H3,(H,22,25). The number of fused-ring (bicyclic) bond motifs is 1. The van der Waals surface area contributed by atoms with E-state index in [4.69, 9.17) is 0 Å². The number of aryl methyl sites for hydroxylation is 1. The first-order chi connectivity index (χ1) is 11.8. The lowest BCUT2D eigenvalue weighted by atomic mass is 9.92. The lowest BCUT2D eigenvalue weighted by Crippen LogP contribution is -2.27. The highest BCUT2D eigenvalue weighted by atomic mass is 16.2. The molecule has 0 aliphatic carbocycles. The van der Waals surface area contributed by atoms with E-state index in [2.05, 4.69) is 61.5 Å². The SMILES string of the molecule is Cn1nc(C(C)(C)C)cc1C(=O)NCCc1ccc2ccccc2c1. The summed E-state index contributed by atoms with van der Waals surface area (Å²) in [7, 11) is 1.81. The number of hydrogen-bond donors (Lipinski definition) is 1. The molecule has 3 aromatic rings. The van der Waals surface area contributed by atoms with Crippen LogP contribution in [0.5, 0.6) is 0 Å². The van der Waals surface area contributed by atoms with Gasteiger partial charge in [-0.05, 0) is 28.8 Å². The Bertz CT molecular complexity index is 903. The third-order valence-corrected chi connectivity index (χ3v) is 4.39. The fraction of sp³-hybridized carbons (Fsp3) is 0.333. The van der Waals surface area contributed by atoms with Crippen molar-refractivity contribution in [3.05, 3.63) is 65.5 Å². The van der Waals surface area contributed by atoms with E-state index in [9.17, 15) is 4.79 Å². The first kappa shape index (κ1) is 17.2. The largest absolute Gasteiger partial charge is 0.350 e. The highest BCUT2D eigenvalue weighted by molar-refractivity contribution is 5.92. The Kier molecular flexibility index (Phi) is 4.62. The molecule has 0 fully saturated rings. The summed E-state index contributed by atoms with van der Waals surface area (Å²) in [6.07, 6.45) is 0.806. The first-order valence-corrected chi connectivity index (χ1v) is 8.65. The van der Waals surface area contributed by atoms with Crippen LogP contribution < -0.4 is 5.32 Å². The number of rotatable bonds is 4. The van der Waals surface area contributed by atoms with Crippen LogP contribution in [0.1, 0.15) is 42.5 Å². The molecule has 1 heterocycles. The lowest BCUT2D eigenvalue weighted by molar-refractivity contribution is 0.0944. The molecule has 2 aromatic carbocycles. The van der Waals surface area contributed by atoms with Crippen molar-refractivity contribution in [2.24, 2.45) is 7.05 Å². The number of aromatic nitrogens is 2. The lowest BCUT2D eigenvalue weighted by Gasteiger charge is -2.13. The van der Waals surface area contributed by atoms with Gasteiger partial charge < -0.3 is 5.32 Å². The molecule has 0 saturated carbocycles. The van der Waals surface area contributed by atoms with Gasteiger partial charge in [-0.25, -0.2) is 0 Å². The monoisotopic (exact) mass is 335 g/mol. The van der Waals surface area contributed by atoms with E-state index in [1.807, 2.05) is 25.2 Å². The molecule has 0 aliphatic heterocycles. The topological polar surface area (TPSA) is 46.9 Å². The van der Waals surface area contributed by atoms with Gasteiger partial charge in [-0.2, -0.15) is 5.10 Å². The van der Waals surface area contributed by atoms with Gasteiger partial charge in [-0.3, -0.25) is 9.48 Å². The minimum absolute atomic E-state index is 0.0681. The molecule has 0 bridgehead atoms. The molecule has 130 valence electrons. The van der Waals surface area contributed by atoms with Gasteiger partial charge in [0, 0.05) is 19.0 Å². The van der Waals surface area contributed by atoms with Crippen LogP contribution in [0.4, 0.5) is 0 Å². The number of carbonyl (C=O) groups is 1. The summed E-state index contributed by atoms with van der Waals surface area (Å²) >= 11 is 0. The van der Waals surface area contributed by atoms with E-state index in [0.29, 0.717) is 12.2 Å². The van der Waals surface area contributed by atoms with Crippen LogP contribution in [0.25, 0.3) is 10.8 Å². The number of amides is 1. The molecule has 0 saturated heterocycles. The molecule has 1 N–H and O–H groups in total. The van der Waals surface area contributed by atoms with Crippen LogP contribution in [-0.4, -0.2) is 22.2 Å². The number of nitrogens with one attached hydrogen (secondary N) is 1. The van der Waals surface area contributed by atoms with Crippen molar-refractivity contribution in [1.29, 1.82) is 0 Å². The van der Waals surface area contributed by atoms with E-state index < -0.39 is 0 Å². The van der Waals surface area contributed by atoms with E-state index in [0.717, 1.165) is 12.1 Å². The van der Waals surface area contributed by atoms with Crippen molar-refractivity contribution in [3.8, 4) is 0 Å². The molecule has 1 aromatic heterocycles. The highest BCUT2D eigenvalue weighted by Crippen LogP contribution is 2.21. The molecule has 0 spiro atoms. The van der Waals surface area contributed by atoms with Crippen molar-refractivity contribution >= 4 is 16.7 Å². The maximum atomic E-state index is 12.4. The predicted molar refractivity (Wildman–Crippen MR) is 102 cm³/mol. The average molecular weight is 335 g/mol. The van der Waals surface area contributed by atoms with Gasteiger partial charge in [0.05, 0.1) is 5.69 Å². The Hall–Kier alpha value is -2.62. The summed E-state index contributed by atoms with van der Waals surface area (Å²) in [6, 6.07) is 16.6. The molecular weight excluding hydrogens is 310 g/mol. The number of carbonyl (C=O) groups excluding carboxylic acids is 1. The predicted octanol–water partition coefficient (Wildman–Crippen LogP) is 3.84. The fourth-order valence-electron chi connectivity index (χ4n) is 2.85. The molecular formula is C21H25N3O. The number of benzene rings is 2. The Morgan fingerprint density at radius 1 is 1.08 bits per heavy atom. The van der Waals surface area contributed by atoms with Gasteiger partial charge in [0.2, 0.25) is 0 Å². The normalized spacial score (nSPS) is 11.7. The fourth-order valence-corrected chi connectivity index (χ4v) is 2.85. The third kappa shape index (κ3) is 3.90. The Labute approximate surface area is 148 Å². The second-order valence-corrected chi connectivity index (χ2v) is 7.48. The van der Waals surface area contributed by atoms with Crippen LogP contribution in [0.15, 0.2) is 48.5 Å². The Morgan fingerprint density at radius 2 is 1.80 bits per heavy atom. The van der Waals surface area contributed by atoms with Crippen LogP contribution in [0.3, 0.4) is 0 Å². The summed E-state index contributed by atoms with van der Waals surface area (Å²) in [4.78, 5) is 12.4. The summed E-state index contributed by atoms with van der Waals surface area (Å²) in [5.41, 5.74) is 2.68. The summed E-state index contributed by atoms with van der Waals surface area (Å²) < 4.78 is 1.66. The molecule has 25 heavy (non-hydrogen) atoms. The maximum absolute atomic E-state index is 12.4. The van der Waals surface area contributed by atoms with Gasteiger partial charge in [0.1, 0.15) is 5.69 Å². The molecule has 3 rings (SSSR count). The smallest absolute Gasteiger partial charge is 0.269 e. The van der Waals surface area contributed by atoms with Gasteiger partial charge in [-0.15, -0.1) is 0 Å². The summed E-state index contributed by atoms with van der Waals surface area (Å²) in [6.45, 7) is 6.89. The van der Waals surface area contributed by atoms with Crippen molar-refractivity contribution in [3.63, 3.8) is 0 Å². The molecule has 0 atom stereocenters. The molecule has 0 radical (unpaired) electrons. The molecule has 0 aliphatic rings. The molecule has 1 amide bonds. The summed E-state index contributed by atoms with van der Waals surface area (Å²) in [5, 5.41) is 9.93. The van der Waals surface area contributed by atoms with Crippen molar-refractivity contribution in [2.45, 2.75) is 32.6 Å². The highest BCUT2D eigenvalue weighted by Gasteiger charge is 2.21. The van der Waals surface area contributed by atoms with E-state index in [1.165, 1.54) is 16.3 Å². The second-order valence-electron chi connectivity index (χ2n) is 7.48. The van der Waals surface area contributed by atoms with Crippen molar-refractivity contribution in [1.82, 2.24) is 15.1 Å². The minimum atomic E-state index is -0.0775. The molecule has 4 nitrogen and oxygen atoms in total. The zero-order valence-electron chi connectivity index (χ0n) is 15.3. The van der Waals surface area contributed by atoms with Crippen LogP contribution in [-0.2, 0) is 18.9 Å². The van der Waals surface area contributed by atoms with Crippen molar-refractivity contribution in [2.75, 3.05) is 6.54 Å². The summed E-state index contributed by atoms with van der Waals surface area (Å²) in [5.74, 6) is -0.0775. The molecule has 4 heteroatoms. The van der Waals surface area contributed by atoms with E-state index in [1.54, 1.807) is 4.68 Å². The van der Waals surface area contributed by atoms with Crippen molar-refractivity contribution < 1.29 is 4.79 Å². The quantitative estimate of drug-likeness (QED) is 0.787. The average Bonchev–Trinajstić information content (AvgIpc) is 2.97. The Morgan fingerprint density at radius 3 is 2.48 bits per heavy atom. The number of nitrogens with zero attached hydrogens (tertiary/aromatic N) is 2. The van der Waals surface area contributed by atoms with Gasteiger partial charge in [0.25, 0.3) is 5.91 Å². The van der Waals surface area contributed by atoms with E-state index in [-0.39, 0.29) is 11.3 Å². The molecule has 0 unspecified atom stereocenters. The van der Waals surface area contributed by atoms with Gasteiger partial charge in [-0.1, -0.05) is 63.2 Å². The van der Waals surface area contributed by atoms with Crippen LogP contribution in [0.2, 0.25) is 0 Å². The Balaban J connectivity index is 1.63. The van der Waals surface area contributed by atoms with Crippen LogP contribution >= 0.6 is 0 Å². The third-order valence-electron chi connectivity index (χ3n) is 4.39. The van der Waals surface area contributed by atoms with Gasteiger partial charge in [0.15, 0.2) is 0 Å². The maximum Gasteiger partial charge on any atom is 0.269 e. The second kappa shape index (κ2) is 6.71. The zero-order chi connectivity index (χ0) is 18.0. The van der Waals surface area contributed by atoms with Crippen LogP contribution in [0, 0.1) is 0 Å². The number of hydrogen-bond acceptors (Lipinski definition) is 2. The van der Waals surface area contributed by atoms with Gasteiger partial charge >= 0.3 is 0 Å². The van der Waals surface area contributed by atoms with E-state index >= 15 is 0 Å².